The van der Waals surface area contributed by atoms with Gasteiger partial charge in [-0.2, -0.15) is 22.0 Å². The molecule has 2 N–H and O–H groups in total. The molecular weight excluding hydrogens is 501 g/mol. The highest BCUT2D eigenvalue weighted by molar-refractivity contribution is 6.06. The fraction of sp³-hybridized carbons (Fsp3) is 0.400. The number of halogens is 5. The second-order valence-electron chi connectivity index (χ2n) is 9.02. The summed E-state index contributed by atoms with van der Waals surface area (Å²) in [5.41, 5.74) is 2.53. The number of carbonyl (C=O) groups is 3. The molecule has 0 fully saturated rings. The van der Waals surface area contributed by atoms with Crippen LogP contribution in [0, 0.1) is 5.92 Å². The third-order valence-corrected chi connectivity index (χ3v) is 5.79. The summed E-state index contributed by atoms with van der Waals surface area (Å²) in [6.45, 7) is 1.33. The van der Waals surface area contributed by atoms with Crippen molar-refractivity contribution in [3.05, 3.63) is 54.1 Å². The molecule has 0 saturated heterocycles. The van der Waals surface area contributed by atoms with Crippen molar-refractivity contribution >= 4 is 23.6 Å². The van der Waals surface area contributed by atoms with E-state index < -0.39 is 48.7 Å². The van der Waals surface area contributed by atoms with Crippen LogP contribution < -0.4 is 15.5 Å². The van der Waals surface area contributed by atoms with E-state index in [1.54, 1.807) is 63.4 Å². The van der Waals surface area contributed by atoms with Gasteiger partial charge >= 0.3 is 18.2 Å². The topological polar surface area (TPSA) is 87.7 Å². The summed E-state index contributed by atoms with van der Waals surface area (Å²) < 4.78 is 68.4. The van der Waals surface area contributed by atoms with Crippen molar-refractivity contribution < 1.29 is 41.1 Å². The molecule has 0 spiro atoms. The van der Waals surface area contributed by atoms with Gasteiger partial charge in [0.25, 0.3) is 11.8 Å². The normalized spacial score (nSPS) is 16.4. The number of alkyl halides is 5. The van der Waals surface area contributed by atoms with Crippen LogP contribution in [0.3, 0.4) is 0 Å². The number of likely N-dealkylation sites (N-methyl/N-ethyl adjacent to an activating group) is 1. The Kier molecular flexibility index (Phi) is 8.09. The van der Waals surface area contributed by atoms with Gasteiger partial charge in [0.1, 0.15) is 6.04 Å². The third kappa shape index (κ3) is 6.17. The van der Waals surface area contributed by atoms with E-state index >= 15 is 0 Å². The van der Waals surface area contributed by atoms with Crippen LogP contribution in [0.4, 0.5) is 32.4 Å². The molecular formula is C25H26F5N3O4. The van der Waals surface area contributed by atoms with Gasteiger partial charge in [0.15, 0.2) is 6.10 Å². The van der Waals surface area contributed by atoms with Gasteiger partial charge in [-0.25, -0.2) is 4.79 Å². The zero-order valence-electron chi connectivity index (χ0n) is 20.2. The van der Waals surface area contributed by atoms with Crippen LogP contribution >= 0.6 is 0 Å². The van der Waals surface area contributed by atoms with Gasteiger partial charge in [-0.1, -0.05) is 56.3 Å². The Morgan fingerprint density at radius 1 is 1.00 bits per heavy atom. The Labute approximate surface area is 210 Å². The number of nitrogens with zero attached hydrogens (tertiary/aromatic N) is 1. The van der Waals surface area contributed by atoms with Gasteiger partial charge in [0.05, 0.1) is 12.2 Å². The first-order chi connectivity index (χ1) is 17.2. The minimum absolute atomic E-state index is 0.0759. The van der Waals surface area contributed by atoms with Crippen molar-refractivity contribution in [3.8, 4) is 11.1 Å². The number of hydrogen-bond donors (Lipinski definition) is 2. The van der Waals surface area contributed by atoms with E-state index in [0.29, 0.717) is 16.8 Å². The van der Waals surface area contributed by atoms with Gasteiger partial charge in [0.2, 0.25) is 0 Å². The van der Waals surface area contributed by atoms with Crippen LogP contribution in [-0.4, -0.2) is 49.7 Å². The van der Waals surface area contributed by atoms with Crippen molar-refractivity contribution in [2.24, 2.45) is 5.92 Å². The summed E-state index contributed by atoms with van der Waals surface area (Å²) in [7, 11) is 1.54. The van der Waals surface area contributed by atoms with Crippen LogP contribution in [0.2, 0.25) is 0 Å². The maximum Gasteiger partial charge on any atom is 0.455 e. The highest BCUT2D eigenvalue weighted by atomic mass is 19.4. The Hall–Kier alpha value is -3.70. The molecule has 0 aliphatic carbocycles. The molecule has 2 aromatic carbocycles. The van der Waals surface area contributed by atoms with Gasteiger partial charge < -0.3 is 20.3 Å². The first kappa shape index (κ1) is 27.9. The standard InChI is InChI=1S/C25H26F5N3O4/c1-14(2)12-19(37-23(36)31-13-24(26,27)25(28,29)30)21(34)32-20-17-10-5-4-8-15(17)16-9-6-7-11-18(16)33(3)22(20)35/h4-11,14,19-20H,12-13H2,1-3H3,(H,31,36)(H,32,34)/t19-,20?/m0/s1. The Morgan fingerprint density at radius 2 is 1.59 bits per heavy atom. The molecule has 0 bridgehead atoms. The number of para-hydroxylation sites is 1. The van der Waals surface area contributed by atoms with E-state index in [2.05, 4.69) is 5.32 Å². The molecule has 37 heavy (non-hydrogen) atoms. The smallest absolute Gasteiger partial charge is 0.436 e. The van der Waals surface area contributed by atoms with E-state index in [1.165, 1.54) is 10.2 Å². The molecule has 1 aliphatic rings. The maximum atomic E-state index is 13.4. The minimum atomic E-state index is -5.87. The quantitative estimate of drug-likeness (QED) is 0.506. The van der Waals surface area contributed by atoms with Crippen LogP contribution in [0.15, 0.2) is 48.5 Å². The zero-order valence-corrected chi connectivity index (χ0v) is 20.2. The molecule has 200 valence electrons. The predicted octanol–water partition coefficient (Wildman–Crippen LogP) is 4.83. The number of nitrogens with one attached hydrogen (secondary N) is 2. The fourth-order valence-electron chi connectivity index (χ4n) is 3.90. The Morgan fingerprint density at radius 3 is 2.22 bits per heavy atom. The summed E-state index contributed by atoms with van der Waals surface area (Å²) in [6.07, 6.45) is -9.13. The first-order valence-corrected chi connectivity index (χ1v) is 11.4. The van der Waals surface area contributed by atoms with E-state index in [-0.39, 0.29) is 12.3 Å². The summed E-state index contributed by atoms with van der Waals surface area (Å²) >= 11 is 0. The van der Waals surface area contributed by atoms with E-state index in [0.717, 1.165) is 5.56 Å². The van der Waals surface area contributed by atoms with Crippen LogP contribution in [0.25, 0.3) is 11.1 Å². The monoisotopic (exact) mass is 527 g/mol. The Balaban J connectivity index is 1.83. The van der Waals surface area contributed by atoms with Gasteiger partial charge in [-0.3, -0.25) is 9.59 Å². The van der Waals surface area contributed by atoms with Crippen molar-refractivity contribution in [3.63, 3.8) is 0 Å². The molecule has 0 saturated carbocycles. The average Bonchev–Trinajstić information content (AvgIpc) is 2.91. The lowest BCUT2D eigenvalue weighted by Crippen LogP contribution is -2.49. The van der Waals surface area contributed by atoms with Crippen molar-refractivity contribution in [1.82, 2.24) is 10.6 Å². The van der Waals surface area contributed by atoms with Crippen LogP contribution in [0.5, 0.6) is 0 Å². The molecule has 3 rings (SSSR count). The van der Waals surface area contributed by atoms with Crippen LogP contribution in [0.1, 0.15) is 31.9 Å². The number of alkyl carbamates (subject to hydrolysis) is 1. The number of rotatable bonds is 7. The molecule has 7 nitrogen and oxygen atoms in total. The summed E-state index contributed by atoms with van der Waals surface area (Å²) in [4.78, 5) is 40.0. The number of amides is 3. The van der Waals surface area contributed by atoms with Crippen molar-refractivity contribution in [1.29, 1.82) is 0 Å². The molecule has 12 heteroatoms. The lowest BCUT2D eigenvalue weighted by Gasteiger charge is -2.26. The highest BCUT2D eigenvalue weighted by Crippen LogP contribution is 2.39. The second-order valence-corrected chi connectivity index (χ2v) is 9.02. The molecule has 1 aliphatic heterocycles. The lowest BCUT2D eigenvalue weighted by molar-refractivity contribution is -0.278. The van der Waals surface area contributed by atoms with Gasteiger partial charge in [-0.15, -0.1) is 0 Å². The van der Waals surface area contributed by atoms with Crippen LogP contribution in [-0.2, 0) is 14.3 Å². The van der Waals surface area contributed by atoms with Crippen molar-refractivity contribution in [2.45, 2.75) is 44.5 Å². The largest absolute Gasteiger partial charge is 0.455 e. The number of fused-ring (bicyclic) bond motifs is 3. The second kappa shape index (κ2) is 10.7. The number of ether oxygens (including phenoxy) is 1. The minimum Gasteiger partial charge on any atom is -0.436 e. The first-order valence-electron chi connectivity index (χ1n) is 11.4. The number of hydrogen-bond acceptors (Lipinski definition) is 4. The van der Waals surface area contributed by atoms with Gasteiger partial charge in [0, 0.05) is 12.6 Å². The maximum absolute atomic E-state index is 13.4. The summed E-state index contributed by atoms with van der Waals surface area (Å²) in [6, 6.07) is 12.9. The third-order valence-electron chi connectivity index (χ3n) is 5.79. The summed E-state index contributed by atoms with van der Waals surface area (Å²) in [5, 5.41) is 3.93. The summed E-state index contributed by atoms with van der Waals surface area (Å²) in [5.74, 6) is -6.80. The highest BCUT2D eigenvalue weighted by Gasteiger charge is 2.57. The predicted molar refractivity (Wildman–Crippen MR) is 125 cm³/mol. The van der Waals surface area contributed by atoms with E-state index in [4.69, 9.17) is 4.74 Å². The molecule has 3 amide bonds. The van der Waals surface area contributed by atoms with E-state index in [9.17, 15) is 36.3 Å². The number of anilines is 1. The zero-order chi connectivity index (χ0) is 27.5. The fourth-order valence-corrected chi connectivity index (χ4v) is 3.90. The lowest BCUT2D eigenvalue weighted by atomic mass is 9.95. The molecule has 1 heterocycles. The molecule has 0 aromatic heterocycles. The van der Waals surface area contributed by atoms with Gasteiger partial charge in [-0.05, 0) is 29.5 Å². The molecule has 1 unspecified atom stereocenters. The SMILES string of the molecule is CC(C)C[C@H](OC(=O)NCC(F)(F)C(F)(F)F)C(=O)NC1C(=O)N(C)c2ccccc2-c2ccccc21. The van der Waals surface area contributed by atoms with Crippen molar-refractivity contribution in [2.75, 3.05) is 18.5 Å². The number of benzene rings is 2. The molecule has 0 radical (unpaired) electrons. The average molecular weight is 527 g/mol. The molecule has 2 atom stereocenters. The Bertz CT molecular complexity index is 1170. The number of carbonyl (C=O) groups excluding carboxylic acids is 3. The molecule has 2 aromatic rings. The van der Waals surface area contributed by atoms with E-state index in [1.807, 2.05) is 6.07 Å².